The molecule has 2 N–H and O–H groups in total. The van der Waals surface area contributed by atoms with E-state index in [1.807, 2.05) is 0 Å². The molecule has 2 aromatic carbocycles. The number of hydrogen-bond donors (Lipinski definition) is 2. The van der Waals surface area contributed by atoms with E-state index in [0.29, 0.717) is 50.4 Å². The number of carbonyl (C=O) groups excluding carboxylic acids is 4. The number of anilines is 2. The van der Waals surface area contributed by atoms with Crippen molar-refractivity contribution in [2.45, 2.75) is 25.6 Å². The van der Waals surface area contributed by atoms with Crippen LogP contribution in [0.25, 0.3) is 0 Å². The number of likely N-dealkylation sites (tertiary alicyclic amines) is 1. The molecule has 0 unspecified atom stereocenters. The van der Waals surface area contributed by atoms with Crippen LogP contribution >= 0.6 is 0 Å². The second kappa shape index (κ2) is 9.51. The van der Waals surface area contributed by atoms with Gasteiger partial charge < -0.3 is 25.0 Å². The van der Waals surface area contributed by atoms with E-state index in [2.05, 4.69) is 10.6 Å². The van der Waals surface area contributed by atoms with Crippen molar-refractivity contribution in [3.8, 4) is 0 Å². The molecule has 0 aromatic heterocycles. The molecule has 33 heavy (non-hydrogen) atoms. The number of nitrogens with one attached hydrogen (secondary N) is 2. The molecule has 0 radical (unpaired) electrons. The van der Waals surface area contributed by atoms with Gasteiger partial charge in [0.1, 0.15) is 0 Å². The predicted molar refractivity (Wildman–Crippen MR) is 120 cm³/mol. The first-order valence-corrected chi connectivity index (χ1v) is 10.8. The third-order valence-electron chi connectivity index (χ3n) is 5.70. The summed E-state index contributed by atoms with van der Waals surface area (Å²) >= 11 is 0. The van der Waals surface area contributed by atoms with Crippen molar-refractivity contribution < 1.29 is 28.7 Å². The van der Waals surface area contributed by atoms with Crippen LogP contribution in [0.2, 0.25) is 0 Å². The zero-order valence-corrected chi connectivity index (χ0v) is 18.3. The molecule has 0 aliphatic carbocycles. The van der Waals surface area contributed by atoms with Crippen LogP contribution in [0, 0.1) is 0 Å². The molecule has 0 atom stereocenters. The lowest BCUT2D eigenvalue weighted by Crippen LogP contribution is -2.47. The van der Waals surface area contributed by atoms with Gasteiger partial charge in [0.2, 0.25) is 5.91 Å². The Morgan fingerprint density at radius 2 is 1.52 bits per heavy atom. The number of rotatable bonds is 5. The monoisotopic (exact) mass is 451 g/mol. The van der Waals surface area contributed by atoms with Gasteiger partial charge in [0.05, 0.1) is 24.5 Å². The Kier molecular flexibility index (Phi) is 6.52. The summed E-state index contributed by atoms with van der Waals surface area (Å²) in [6.07, 6.45) is 1.27. The number of Topliss-reactive ketones (excluding diaryl/α,β-unsaturated/α-hetero) is 1. The van der Waals surface area contributed by atoms with Crippen LogP contribution in [0.4, 0.5) is 11.4 Å². The number of ether oxygens (including phenoxy) is 2. The lowest BCUT2D eigenvalue weighted by Gasteiger charge is -2.37. The number of hydrogen-bond acceptors (Lipinski definition) is 6. The smallest absolute Gasteiger partial charge is 0.296 e. The van der Waals surface area contributed by atoms with E-state index in [0.717, 1.165) is 0 Å². The van der Waals surface area contributed by atoms with Crippen molar-refractivity contribution >= 4 is 34.9 Å². The van der Waals surface area contributed by atoms with Crippen LogP contribution < -0.4 is 10.6 Å². The lowest BCUT2D eigenvalue weighted by atomic mass is 10.0. The SMILES string of the molecule is CC(=O)Nc1ccccc1C(=O)C(=O)Nc1ccc(C(=O)N2CCC3(CC2)OCCO3)cc1. The van der Waals surface area contributed by atoms with E-state index < -0.39 is 17.5 Å². The Morgan fingerprint density at radius 3 is 2.15 bits per heavy atom. The quantitative estimate of drug-likeness (QED) is 0.533. The molecular weight excluding hydrogens is 426 g/mol. The second-order valence-corrected chi connectivity index (χ2v) is 7.99. The highest BCUT2D eigenvalue weighted by molar-refractivity contribution is 6.47. The summed E-state index contributed by atoms with van der Waals surface area (Å²) < 4.78 is 11.4. The summed E-state index contributed by atoms with van der Waals surface area (Å²) in [5, 5.41) is 5.08. The largest absolute Gasteiger partial charge is 0.347 e. The minimum Gasteiger partial charge on any atom is -0.347 e. The summed E-state index contributed by atoms with van der Waals surface area (Å²) in [4.78, 5) is 51.0. The minimum absolute atomic E-state index is 0.0927. The van der Waals surface area contributed by atoms with Gasteiger partial charge in [-0.2, -0.15) is 0 Å². The number of para-hydroxylation sites is 1. The van der Waals surface area contributed by atoms with E-state index in [1.54, 1.807) is 47.4 Å². The normalized spacial score (nSPS) is 16.9. The number of nitrogens with zero attached hydrogens (tertiary/aromatic N) is 1. The third kappa shape index (κ3) is 5.10. The first-order valence-electron chi connectivity index (χ1n) is 10.8. The second-order valence-electron chi connectivity index (χ2n) is 7.99. The Balaban J connectivity index is 1.37. The molecule has 0 saturated carbocycles. The Bertz CT molecular complexity index is 1070. The first-order chi connectivity index (χ1) is 15.9. The highest BCUT2D eigenvalue weighted by Crippen LogP contribution is 2.31. The van der Waals surface area contributed by atoms with Gasteiger partial charge in [0.25, 0.3) is 17.6 Å². The third-order valence-corrected chi connectivity index (χ3v) is 5.70. The molecule has 2 aromatic rings. The van der Waals surface area contributed by atoms with Crippen LogP contribution in [0.1, 0.15) is 40.5 Å². The highest BCUT2D eigenvalue weighted by atomic mass is 16.7. The van der Waals surface area contributed by atoms with Crippen LogP contribution in [0.3, 0.4) is 0 Å². The Morgan fingerprint density at radius 1 is 0.879 bits per heavy atom. The molecule has 9 heteroatoms. The summed E-state index contributed by atoms with van der Waals surface area (Å²) in [6.45, 7) is 3.58. The molecule has 0 bridgehead atoms. The molecule has 2 aliphatic heterocycles. The van der Waals surface area contributed by atoms with Crippen LogP contribution in [0.5, 0.6) is 0 Å². The van der Waals surface area contributed by atoms with Gasteiger partial charge in [-0.3, -0.25) is 19.2 Å². The topological polar surface area (TPSA) is 114 Å². The van der Waals surface area contributed by atoms with E-state index in [-0.39, 0.29) is 23.1 Å². The molecular formula is C24H25N3O6. The number of carbonyl (C=O) groups is 4. The van der Waals surface area contributed by atoms with Crippen molar-refractivity contribution in [3.63, 3.8) is 0 Å². The summed E-state index contributed by atoms with van der Waals surface area (Å²) in [5.74, 6) is -2.62. The molecule has 2 aliphatic rings. The maximum absolute atomic E-state index is 12.8. The number of benzene rings is 2. The number of ketones is 1. The van der Waals surface area contributed by atoms with Gasteiger partial charge >= 0.3 is 0 Å². The van der Waals surface area contributed by atoms with Crippen LogP contribution in [0.15, 0.2) is 48.5 Å². The van der Waals surface area contributed by atoms with Crippen molar-refractivity contribution in [1.29, 1.82) is 0 Å². The maximum Gasteiger partial charge on any atom is 0.296 e. The van der Waals surface area contributed by atoms with E-state index in [4.69, 9.17) is 9.47 Å². The van der Waals surface area contributed by atoms with Crippen molar-refractivity contribution in [2.24, 2.45) is 0 Å². The van der Waals surface area contributed by atoms with Gasteiger partial charge in [0.15, 0.2) is 5.79 Å². The van der Waals surface area contributed by atoms with Crippen molar-refractivity contribution in [1.82, 2.24) is 4.90 Å². The standard InChI is InChI=1S/C24H25N3O6/c1-16(28)25-20-5-3-2-4-19(20)21(29)22(30)26-18-8-6-17(7-9-18)23(31)27-12-10-24(11-13-27)32-14-15-33-24/h2-9H,10-15H2,1H3,(H,25,28)(H,26,30). The summed E-state index contributed by atoms with van der Waals surface area (Å²) in [5.41, 5.74) is 1.23. The molecule has 2 fully saturated rings. The molecule has 2 heterocycles. The molecule has 1 spiro atoms. The van der Waals surface area contributed by atoms with Gasteiger partial charge in [-0.05, 0) is 36.4 Å². The average Bonchev–Trinajstić information content (AvgIpc) is 3.27. The van der Waals surface area contributed by atoms with Crippen LogP contribution in [-0.4, -0.2) is 60.5 Å². The predicted octanol–water partition coefficient (Wildman–Crippen LogP) is 2.45. The molecule has 4 rings (SSSR count). The zero-order chi connectivity index (χ0) is 23.4. The maximum atomic E-state index is 12.8. The van der Waals surface area contributed by atoms with Crippen molar-refractivity contribution in [2.75, 3.05) is 36.9 Å². The molecule has 172 valence electrons. The zero-order valence-electron chi connectivity index (χ0n) is 18.3. The van der Waals surface area contributed by atoms with E-state index in [9.17, 15) is 19.2 Å². The van der Waals surface area contributed by atoms with Gasteiger partial charge in [-0.25, -0.2) is 0 Å². The number of amides is 3. The summed E-state index contributed by atoms with van der Waals surface area (Å²) in [7, 11) is 0. The van der Waals surface area contributed by atoms with Gasteiger partial charge in [0, 0.05) is 44.1 Å². The van der Waals surface area contributed by atoms with E-state index >= 15 is 0 Å². The highest BCUT2D eigenvalue weighted by Gasteiger charge is 2.40. The lowest BCUT2D eigenvalue weighted by molar-refractivity contribution is -0.181. The van der Waals surface area contributed by atoms with E-state index in [1.165, 1.54) is 13.0 Å². The van der Waals surface area contributed by atoms with Gasteiger partial charge in [-0.15, -0.1) is 0 Å². The molecule has 2 saturated heterocycles. The fourth-order valence-corrected chi connectivity index (χ4v) is 4.00. The summed E-state index contributed by atoms with van der Waals surface area (Å²) in [6, 6.07) is 12.7. The van der Waals surface area contributed by atoms with Crippen molar-refractivity contribution in [3.05, 3.63) is 59.7 Å². The Labute approximate surface area is 191 Å². The molecule has 9 nitrogen and oxygen atoms in total. The molecule has 3 amide bonds. The van der Waals surface area contributed by atoms with Crippen LogP contribution in [-0.2, 0) is 19.1 Å². The first kappa shape index (κ1) is 22.6. The minimum atomic E-state index is -0.843. The Hall–Kier alpha value is -3.56. The fraction of sp³-hybridized carbons (Fsp3) is 0.333. The number of piperidine rings is 1. The average molecular weight is 451 g/mol. The fourth-order valence-electron chi connectivity index (χ4n) is 4.00. The van der Waals surface area contributed by atoms with Gasteiger partial charge in [-0.1, -0.05) is 12.1 Å².